The maximum atomic E-state index is 5.73. The van der Waals surface area contributed by atoms with Crippen LogP contribution >= 0.6 is 24.0 Å². The molecule has 0 fully saturated rings. The predicted octanol–water partition coefficient (Wildman–Crippen LogP) is 3.10. The van der Waals surface area contributed by atoms with Crippen LogP contribution in [0.1, 0.15) is 28.9 Å². The van der Waals surface area contributed by atoms with E-state index in [1.54, 1.807) is 7.05 Å². The van der Waals surface area contributed by atoms with Crippen molar-refractivity contribution >= 4 is 29.9 Å². The standard InChI is InChI=1S/C19H29N5O.HI/c1-14-7-9-17(10-8-14)25-12-6-11-21-19(20-4)22-13-18-15(2)23-24(5)16(18)3;/h7-10H,6,11-13H2,1-5H3,(H2,20,21,22);1H. The molecule has 6 nitrogen and oxygen atoms in total. The summed E-state index contributed by atoms with van der Waals surface area (Å²) in [5.41, 5.74) is 4.68. The summed E-state index contributed by atoms with van der Waals surface area (Å²) in [6.45, 7) is 8.37. The molecule has 0 unspecified atom stereocenters. The van der Waals surface area contributed by atoms with E-state index < -0.39 is 0 Å². The van der Waals surface area contributed by atoms with Gasteiger partial charge in [0, 0.05) is 38.4 Å². The minimum atomic E-state index is 0. The summed E-state index contributed by atoms with van der Waals surface area (Å²) >= 11 is 0. The Hall–Kier alpha value is -1.77. The van der Waals surface area contributed by atoms with Gasteiger partial charge in [0.2, 0.25) is 0 Å². The number of aliphatic imine (C=N–C) groups is 1. The highest BCUT2D eigenvalue weighted by Gasteiger charge is 2.09. The average Bonchev–Trinajstić information content (AvgIpc) is 2.84. The molecule has 0 saturated carbocycles. The van der Waals surface area contributed by atoms with E-state index in [1.807, 2.05) is 30.8 Å². The van der Waals surface area contributed by atoms with E-state index in [9.17, 15) is 0 Å². The maximum absolute atomic E-state index is 5.73. The van der Waals surface area contributed by atoms with Gasteiger partial charge < -0.3 is 15.4 Å². The molecule has 144 valence electrons. The fourth-order valence-corrected chi connectivity index (χ4v) is 2.57. The Balaban J connectivity index is 0.00000338. The Bertz CT molecular complexity index is 709. The molecule has 0 spiro atoms. The molecule has 0 aliphatic heterocycles. The molecular formula is C19H30IN5O. The monoisotopic (exact) mass is 471 g/mol. The maximum Gasteiger partial charge on any atom is 0.191 e. The Kier molecular flexibility index (Phi) is 9.47. The van der Waals surface area contributed by atoms with E-state index in [2.05, 4.69) is 46.7 Å². The van der Waals surface area contributed by atoms with Gasteiger partial charge in [0.05, 0.1) is 12.3 Å². The Morgan fingerprint density at radius 2 is 1.85 bits per heavy atom. The molecular weight excluding hydrogens is 441 g/mol. The molecule has 0 atom stereocenters. The number of rotatable bonds is 7. The van der Waals surface area contributed by atoms with Crippen LogP contribution in [0.4, 0.5) is 0 Å². The second-order valence-corrected chi connectivity index (χ2v) is 6.14. The van der Waals surface area contributed by atoms with Crippen molar-refractivity contribution in [2.45, 2.75) is 33.7 Å². The van der Waals surface area contributed by atoms with E-state index in [0.29, 0.717) is 13.2 Å². The predicted molar refractivity (Wildman–Crippen MR) is 118 cm³/mol. The summed E-state index contributed by atoms with van der Waals surface area (Å²) in [6.07, 6.45) is 0.902. The summed E-state index contributed by atoms with van der Waals surface area (Å²) in [5.74, 6) is 1.70. The lowest BCUT2D eigenvalue weighted by Crippen LogP contribution is -2.37. The van der Waals surface area contributed by atoms with Crippen LogP contribution in [-0.4, -0.2) is 35.9 Å². The zero-order chi connectivity index (χ0) is 18.2. The third kappa shape index (κ3) is 6.51. The van der Waals surface area contributed by atoms with Crippen molar-refractivity contribution in [3.63, 3.8) is 0 Å². The first kappa shape index (κ1) is 22.3. The summed E-state index contributed by atoms with van der Waals surface area (Å²) in [4.78, 5) is 4.26. The van der Waals surface area contributed by atoms with Gasteiger partial charge in [-0.25, -0.2) is 0 Å². The molecule has 0 aliphatic carbocycles. The molecule has 2 aromatic rings. The van der Waals surface area contributed by atoms with E-state index in [1.165, 1.54) is 16.8 Å². The van der Waals surface area contributed by atoms with Crippen molar-refractivity contribution < 1.29 is 4.74 Å². The molecule has 1 aromatic heterocycles. The first-order valence-electron chi connectivity index (χ1n) is 8.64. The van der Waals surface area contributed by atoms with Crippen LogP contribution in [0.5, 0.6) is 5.75 Å². The van der Waals surface area contributed by atoms with Gasteiger partial charge in [-0.05, 0) is 39.3 Å². The van der Waals surface area contributed by atoms with E-state index in [0.717, 1.165) is 30.4 Å². The molecule has 0 amide bonds. The van der Waals surface area contributed by atoms with Crippen molar-refractivity contribution in [3.8, 4) is 5.75 Å². The fourth-order valence-electron chi connectivity index (χ4n) is 2.57. The number of aromatic nitrogens is 2. The Morgan fingerprint density at radius 1 is 1.15 bits per heavy atom. The van der Waals surface area contributed by atoms with Crippen LogP contribution in [0.15, 0.2) is 29.3 Å². The molecule has 0 saturated heterocycles. The summed E-state index contributed by atoms with van der Waals surface area (Å²) in [5, 5.41) is 11.1. The fraction of sp³-hybridized carbons (Fsp3) is 0.474. The lowest BCUT2D eigenvalue weighted by molar-refractivity contribution is 0.311. The lowest BCUT2D eigenvalue weighted by Gasteiger charge is -2.12. The molecule has 0 bridgehead atoms. The third-order valence-corrected chi connectivity index (χ3v) is 4.22. The first-order chi connectivity index (χ1) is 12.0. The summed E-state index contributed by atoms with van der Waals surface area (Å²) in [7, 11) is 3.74. The van der Waals surface area contributed by atoms with Crippen LogP contribution in [-0.2, 0) is 13.6 Å². The minimum absolute atomic E-state index is 0. The van der Waals surface area contributed by atoms with Gasteiger partial charge in [0.15, 0.2) is 5.96 Å². The second kappa shape index (κ2) is 11.1. The molecule has 1 heterocycles. The highest BCUT2D eigenvalue weighted by atomic mass is 127. The van der Waals surface area contributed by atoms with Gasteiger partial charge in [0.25, 0.3) is 0 Å². The highest BCUT2D eigenvalue weighted by Crippen LogP contribution is 2.12. The number of hydrogen-bond donors (Lipinski definition) is 2. The number of aryl methyl sites for hydroxylation is 3. The van der Waals surface area contributed by atoms with Crippen molar-refractivity contribution in [2.24, 2.45) is 12.0 Å². The zero-order valence-electron chi connectivity index (χ0n) is 16.3. The van der Waals surface area contributed by atoms with Crippen LogP contribution in [0.3, 0.4) is 0 Å². The normalized spacial score (nSPS) is 11.0. The highest BCUT2D eigenvalue weighted by molar-refractivity contribution is 14.0. The quantitative estimate of drug-likeness (QED) is 0.282. The third-order valence-electron chi connectivity index (χ3n) is 4.22. The van der Waals surface area contributed by atoms with Gasteiger partial charge in [0.1, 0.15) is 5.75 Å². The number of nitrogens with zero attached hydrogens (tertiary/aromatic N) is 3. The minimum Gasteiger partial charge on any atom is -0.494 e. The molecule has 7 heteroatoms. The zero-order valence-corrected chi connectivity index (χ0v) is 18.6. The number of ether oxygens (including phenoxy) is 1. The molecule has 26 heavy (non-hydrogen) atoms. The SMILES string of the molecule is CN=C(NCCCOc1ccc(C)cc1)NCc1c(C)nn(C)c1C.I. The van der Waals surface area contributed by atoms with Crippen molar-refractivity contribution in [1.82, 2.24) is 20.4 Å². The van der Waals surface area contributed by atoms with E-state index >= 15 is 0 Å². The summed E-state index contributed by atoms with van der Waals surface area (Å²) < 4.78 is 7.64. The van der Waals surface area contributed by atoms with E-state index in [4.69, 9.17) is 4.74 Å². The number of hydrogen-bond acceptors (Lipinski definition) is 3. The van der Waals surface area contributed by atoms with E-state index in [-0.39, 0.29) is 24.0 Å². The smallest absolute Gasteiger partial charge is 0.191 e. The average molecular weight is 471 g/mol. The molecule has 2 rings (SSSR count). The van der Waals surface area contributed by atoms with Crippen LogP contribution < -0.4 is 15.4 Å². The van der Waals surface area contributed by atoms with Crippen molar-refractivity contribution in [2.75, 3.05) is 20.2 Å². The number of guanidine groups is 1. The Labute approximate surface area is 173 Å². The van der Waals surface area contributed by atoms with Gasteiger partial charge >= 0.3 is 0 Å². The molecule has 2 N–H and O–H groups in total. The van der Waals surface area contributed by atoms with Gasteiger partial charge in [-0.15, -0.1) is 24.0 Å². The van der Waals surface area contributed by atoms with Crippen molar-refractivity contribution in [1.29, 1.82) is 0 Å². The molecule has 1 aromatic carbocycles. The molecule has 0 aliphatic rings. The van der Waals surface area contributed by atoms with Crippen LogP contribution in [0.2, 0.25) is 0 Å². The second-order valence-electron chi connectivity index (χ2n) is 6.14. The topological polar surface area (TPSA) is 63.5 Å². The van der Waals surface area contributed by atoms with Crippen LogP contribution in [0.25, 0.3) is 0 Å². The molecule has 0 radical (unpaired) electrons. The van der Waals surface area contributed by atoms with Crippen LogP contribution in [0, 0.1) is 20.8 Å². The van der Waals surface area contributed by atoms with Gasteiger partial charge in [-0.3, -0.25) is 9.67 Å². The van der Waals surface area contributed by atoms with Gasteiger partial charge in [-0.1, -0.05) is 17.7 Å². The lowest BCUT2D eigenvalue weighted by atomic mass is 10.2. The number of halogens is 1. The largest absolute Gasteiger partial charge is 0.494 e. The Morgan fingerprint density at radius 3 is 2.42 bits per heavy atom. The van der Waals surface area contributed by atoms with Gasteiger partial charge in [-0.2, -0.15) is 5.10 Å². The number of nitrogens with one attached hydrogen (secondary N) is 2. The first-order valence-corrected chi connectivity index (χ1v) is 8.64. The van der Waals surface area contributed by atoms with Crippen molar-refractivity contribution in [3.05, 3.63) is 46.8 Å². The summed E-state index contributed by atoms with van der Waals surface area (Å²) in [6, 6.07) is 8.12. The number of benzene rings is 1.